The molecule has 0 spiro atoms. The summed E-state index contributed by atoms with van der Waals surface area (Å²) in [7, 11) is 0. The van der Waals surface area contributed by atoms with Gasteiger partial charge in [0.15, 0.2) is 0 Å². The average molecular weight is 220 g/mol. The molecular weight excluding hydrogens is 204 g/mol. The summed E-state index contributed by atoms with van der Waals surface area (Å²) in [6.45, 7) is 2.59. The summed E-state index contributed by atoms with van der Waals surface area (Å²) < 4.78 is 10.8. The fraction of sp³-hybridized carbons (Fsp3) is 0.417. The molecule has 0 bridgehead atoms. The van der Waals surface area contributed by atoms with Crippen LogP contribution in [0.2, 0.25) is 0 Å². The minimum Gasteiger partial charge on any atom is -0.491 e. The predicted octanol–water partition coefficient (Wildman–Crippen LogP) is 1.56. The van der Waals surface area contributed by atoms with E-state index in [4.69, 9.17) is 15.2 Å². The summed E-state index contributed by atoms with van der Waals surface area (Å²) in [4.78, 5) is 4.16. The SMILES string of the molecule is CC(C[C@H]1COC(N)=N1)Oc1ccccc1. The highest BCUT2D eigenvalue weighted by Crippen LogP contribution is 2.15. The summed E-state index contributed by atoms with van der Waals surface area (Å²) in [5.74, 6) is 0.880. The molecule has 4 heteroatoms. The maximum absolute atomic E-state index is 5.75. The molecule has 1 heterocycles. The Hall–Kier alpha value is -1.71. The molecule has 0 saturated heterocycles. The van der Waals surface area contributed by atoms with Gasteiger partial charge in [0, 0.05) is 6.42 Å². The van der Waals surface area contributed by atoms with Gasteiger partial charge in [0.25, 0.3) is 6.02 Å². The predicted molar refractivity (Wildman–Crippen MR) is 62.5 cm³/mol. The van der Waals surface area contributed by atoms with E-state index < -0.39 is 0 Å². The van der Waals surface area contributed by atoms with E-state index in [-0.39, 0.29) is 18.2 Å². The van der Waals surface area contributed by atoms with Gasteiger partial charge in [-0.25, -0.2) is 4.99 Å². The van der Waals surface area contributed by atoms with E-state index in [9.17, 15) is 0 Å². The maximum Gasteiger partial charge on any atom is 0.282 e. The van der Waals surface area contributed by atoms with Crippen LogP contribution in [-0.4, -0.2) is 24.8 Å². The molecule has 86 valence electrons. The van der Waals surface area contributed by atoms with Crippen LogP contribution in [-0.2, 0) is 4.74 Å². The van der Waals surface area contributed by atoms with E-state index >= 15 is 0 Å². The van der Waals surface area contributed by atoms with Crippen molar-refractivity contribution in [2.24, 2.45) is 10.7 Å². The second-order valence-electron chi connectivity index (χ2n) is 3.91. The molecule has 0 saturated carbocycles. The minimum atomic E-state index is 0.102. The number of nitrogens with zero attached hydrogens (tertiary/aromatic N) is 1. The quantitative estimate of drug-likeness (QED) is 0.837. The lowest BCUT2D eigenvalue weighted by molar-refractivity contribution is 0.189. The molecule has 0 fully saturated rings. The Morgan fingerprint density at radius 2 is 2.25 bits per heavy atom. The zero-order valence-electron chi connectivity index (χ0n) is 9.30. The van der Waals surface area contributed by atoms with Crippen molar-refractivity contribution in [1.29, 1.82) is 0 Å². The lowest BCUT2D eigenvalue weighted by Gasteiger charge is -2.16. The number of nitrogens with two attached hydrogens (primary N) is 1. The Kier molecular flexibility index (Phi) is 3.29. The first-order valence-corrected chi connectivity index (χ1v) is 5.42. The van der Waals surface area contributed by atoms with Crippen LogP contribution in [0, 0.1) is 0 Å². The molecule has 1 unspecified atom stereocenters. The van der Waals surface area contributed by atoms with Gasteiger partial charge in [-0.2, -0.15) is 0 Å². The Bertz CT molecular complexity index is 365. The van der Waals surface area contributed by atoms with Gasteiger partial charge in [0.2, 0.25) is 0 Å². The van der Waals surface area contributed by atoms with E-state index in [0.29, 0.717) is 6.61 Å². The van der Waals surface area contributed by atoms with Crippen molar-refractivity contribution < 1.29 is 9.47 Å². The zero-order chi connectivity index (χ0) is 11.4. The molecule has 0 radical (unpaired) electrons. The molecule has 2 rings (SSSR count). The van der Waals surface area contributed by atoms with Gasteiger partial charge in [0.1, 0.15) is 12.4 Å². The van der Waals surface area contributed by atoms with E-state index in [0.717, 1.165) is 12.2 Å². The van der Waals surface area contributed by atoms with Gasteiger partial charge in [-0.15, -0.1) is 0 Å². The molecule has 2 N–H and O–H groups in total. The summed E-state index contributed by atoms with van der Waals surface area (Å²) in [6, 6.07) is 10.2. The molecule has 1 aliphatic rings. The summed E-state index contributed by atoms with van der Waals surface area (Å²) in [5.41, 5.74) is 5.44. The van der Waals surface area contributed by atoms with Crippen molar-refractivity contribution in [2.75, 3.05) is 6.61 Å². The second kappa shape index (κ2) is 4.88. The third-order valence-electron chi connectivity index (χ3n) is 2.42. The van der Waals surface area contributed by atoms with Crippen LogP contribution in [0.4, 0.5) is 0 Å². The van der Waals surface area contributed by atoms with Crippen molar-refractivity contribution in [1.82, 2.24) is 0 Å². The Labute approximate surface area is 95.1 Å². The second-order valence-corrected chi connectivity index (χ2v) is 3.91. The van der Waals surface area contributed by atoms with Crippen molar-refractivity contribution in [3.05, 3.63) is 30.3 Å². The molecule has 2 atom stereocenters. The molecule has 1 aliphatic heterocycles. The van der Waals surface area contributed by atoms with Crippen LogP contribution >= 0.6 is 0 Å². The van der Waals surface area contributed by atoms with Crippen molar-refractivity contribution in [3.8, 4) is 5.75 Å². The zero-order valence-corrected chi connectivity index (χ0v) is 9.30. The van der Waals surface area contributed by atoms with Crippen molar-refractivity contribution in [3.63, 3.8) is 0 Å². The number of aliphatic imine (C=N–C) groups is 1. The number of hydrogen-bond acceptors (Lipinski definition) is 4. The van der Waals surface area contributed by atoms with Crippen LogP contribution in [0.1, 0.15) is 13.3 Å². The van der Waals surface area contributed by atoms with Crippen molar-refractivity contribution >= 4 is 6.02 Å². The maximum atomic E-state index is 5.75. The average Bonchev–Trinajstić information content (AvgIpc) is 2.65. The van der Waals surface area contributed by atoms with E-state index in [1.807, 2.05) is 37.3 Å². The molecule has 0 amide bonds. The molecule has 0 aliphatic carbocycles. The summed E-state index contributed by atoms with van der Waals surface area (Å²) in [6.07, 6.45) is 0.918. The normalized spacial score (nSPS) is 21.1. The third kappa shape index (κ3) is 2.89. The fourth-order valence-corrected chi connectivity index (χ4v) is 1.72. The molecule has 1 aromatic rings. The highest BCUT2D eigenvalue weighted by Gasteiger charge is 2.20. The number of hydrogen-bond donors (Lipinski definition) is 1. The lowest BCUT2D eigenvalue weighted by atomic mass is 10.1. The summed E-state index contributed by atoms with van der Waals surface area (Å²) in [5, 5.41) is 0. The summed E-state index contributed by atoms with van der Waals surface area (Å²) >= 11 is 0. The first kappa shape index (κ1) is 10.8. The smallest absolute Gasteiger partial charge is 0.282 e. The van der Waals surface area contributed by atoms with Gasteiger partial charge in [-0.3, -0.25) is 0 Å². The Balaban J connectivity index is 1.83. The molecule has 16 heavy (non-hydrogen) atoms. The number of ether oxygens (including phenoxy) is 2. The molecular formula is C12H16N2O2. The van der Waals surface area contributed by atoms with Crippen LogP contribution in [0.25, 0.3) is 0 Å². The van der Waals surface area contributed by atoms with E-state index in [1.54, 1.807) is 0 Å². The van der Waals surface area contributed by atoms with Gasteiger partial charge < -0.3 is 15.2 Å². The number of para-hydroxylation sites is 1. The van der Waals surface area contributed by atoms with Gasteiger partial charge in [-0.1, -0.05) is 18.2 Å². The molecule has 0 aromatic heterocycles. The van der Waals surface area contributed by atoms with Crippen molar-refractivity contribution in [2.45, 2.75) is 25.5 Å². The van der Waals surface area contributed by atoms with Gasteiger partial charge in [-0.05, 0) is 19.1 Å². The number of rotatable bonds is 4. The van der Waals surface area contributed by atoms with E-state index in [2.05, 4.69) is 4.99 Å². The number of amidine groups is 1. The van der Waals surface area contributed by atoms with Gasteiger partial charge >= 0.3 is 0 Å². The standard InChI is InChI=1S/C12H16N2O2/c1-9(7-10-8-15-12(13)14-10)16-11-5-3-2-4-6-11/h2-6,9-10H,7-8H2,1H3,(H2,13,14)/t9?,10-/m0/s1. The third-order valence-corrected chi connectivity index (χ3v) is 2.42. The Morgan fingerprint density at radius 3 is 2.88 bits per heavy atom. The largest absolute Gasteiger partial charge is 0.491 e. The monoisotopic (exact) mass is 220 g/mol. The van der Waals surface area contributed by atoms with Crippen LogP contribution < -0.4 is 10.5 Å². The van der Waals surface area contributed by atoms with E-state index in [1.165, 1.54) is 0 Å². The van der Waals surface area contributed by atoms with Crippen LogP contribution in [0.15, 0.2) is 35.3 Å². The van der Waals surface area contributed by atoms with Crippen LogP contribution in [0.3, 0.4) is 0 Å². The molecule has 4 nitrogen and oxygen atoms in total. The number of benzene rings is 1. The van der Waals surface area contributed by atoms with Crippen LogP contribution in [0.5, 0.6) is 5.75 Å². The highest BCUT2D eigenvalue weighted by molar-refractivity contribution is 5.72. The topological polar surface area (TPSA) is 56.8 Å². The Morgan fingerprint density at radius 1 is 1.50 bits per heavy atom. The fourth-order valence-electron chi connectivity index (χ4n) is 1.72. The van der Waals surface area contributed by atoms with Gasteiger partial charge in [0.05, 0.1) is 12.1 Å². The molecule has 1 aromatic carbocycles. The minimum absolute atomic E-state index is 0.102. The lowest BCUT2D eigenvalue weighted by Crippen LogP contribution is -2.20. The highest BCUT2D eigenvalue weighted by atomic mass is 16.5. The first-order valence-electron chi connectivity index (χ1n) is 5.42. The first-order chi connectivity index (χ1) is 7.74.